The molecule has 73 heavy (non-hydrogen) atoms. The average molecular weight is 1050 g/mol. The number of carbonyl (C=O) groups excluding carboxylic acids is 2. The molecule has 3 unspecified atom stereocenters. The van der Waals surface area contributed by atoms with E-state index in [1.165, 1.54) is 199 Å². The van der Waals surface area contributed by atoms with Gasteiger partial charge in [0.05, 0.1) is 33.8 Å². The molecule has 0 spiro atoms. The topological polar surface area (TPSA) is 114 Å². The van der Waals surface area contributed by atoms with Gasteiger partial charge in [0.1, 0.15) is 19.3 Å². The van der Waals surface area contributed by atoms with Crippen LogP contribution in [0.1, 0.15) is 303 Å². The number of quaternary nitrogens is 1. The second kappa shape index (κ2) is 53.6. The molecule has 1 amide bonds. The van der Waals surface area contributed by atoms with E-state index in [-0.39, 0.29) is 24.9 Å². The Bertz CT molecular complexity index is 1350. The molecular weight excluding hydrogens is 928 g/mol. The quantitative estimate of drug-likeness (QED) is 0.0212. The van der Waals surface area contributed by atoms with E-state index in [0.717, 1.165) is 70.6 Å². The lowest BCUT2D eigenvalue weighted by Crippen LogP contribution is -2.47. The molecule has 430 valence electrons. The number of esters is 1. The lowest BCUT2D eigenvalue weighted by atomic mass is 10.0. The van der Waals surface area contributed by atoms with E-state index in [4.69, 9.17) is 13.8 Å². The fourth-order valence-electron chi connectivity index (χ4n) is 9.16. The van der Waals surface area contributed by atoms with Gasteiger partial charge >= 0.3 is 5.97 Å². The van der Waals surface area contributed by atoms with Gasteiger partial charge in [-0.3, -0.25) is 14.2 Å². The summed E-state index contributed by atoms with van der Waals surface area (Å²) >= 11 is 0. The Morgan fingerprint density at radius 1 is 0.466 bits per heavy atom. The van der Waals surface area contributed by atoms with Crippen molar-refractivity contribution in [3.05, 3.63) is 36.5 Å². The summed E-state index contributed by atoms with van der Waals surface area (Å²) in [6.45, 7) is 6.84. The Morgan fingerprint density at radius 2 is 0.795 bits per heavy atom. The van der Waals surface area contributed by atoms with Crippen molar-refractivity contribution in [3.8, 4) is 0 Å². The van der Waals surface area contributed by atoms with Gasteiger partial charge in [-0.05, 0) is 83.1 Å². The zero-order valence-corrected chi connectivity index (χ0v) is 50.0. The molecule has 0 aliphatic carbocycles. The van der Waals surface area contributed by atoms with Crippen LogP contribution in [0.3, 0.4) is 0 Å². The zero-order chi connectivity index (χ0) is 53.6. The molecule has 0 aliphatic heterocycles. The van der Waals surface area contributed by atoms with Gasteiger partial charge < -0.3 is 28.5 Å². The van der Waals surface area contributed by atoms with Crippen LogP contribution in [0.5, 0.6) is 0 Å². The highest BCUT2D eigenvalue weighted by molar-refractivity contribution is 7.45. The third-order valence-electron chi connectivity index (χ3n) is 14.0. The number of unbranched alkanes of at least 4 members (excludes halogenated alkanes) is 37. The van der Waals surface area contributed by atoms with E-state index in [1.54, 1.807) is 0 Å². The first-order valence-electron chi connectivity index (χ1n) is 31.3. The minimum absolute atomic E-state index is 0.0232. The van der Waals surface area contributed by atoms with Crippen LogP contribution >= 0.6 is 7.82 Å². The maximum absolute atomic E-state index is 13.5. The number of hydrogen-bond acceptors (Lipinski definition) is 7. The molecule has 0 aliphatic rings. The molecule has 1 N–H and O–H groups in total. The fraction of sp³-hybridized carbons (Fsp3) is 0.873. The Labute approximate surface area is 453 Å². The summed E-state index contributed by atoms with van der Waals surface area (Å²) in [5, 5.41) is 3.02. The van der Waals surface area contributed by atoms with Gasteiger partial charge in [-0.1, -0.05) is 244 Å². The second-order valence-corrected chi connectivity index (χ2v) is 24.0. The number of amides is 1. The number of nitrogens with zero attached hydrogens (tertiary/aromatic N) is 1. The number of phosphoric acid groups is 1. The SMILES string of the molecule is CCCCCCCC/C=C\CCCCCC(=O)NC(COP(=O)([O-])OCC[N+](C)(C)C)C(/C=C\CCCCCCCCCCC)OC(=O)CCCCCCCCCCCCCCC/C=C/CCCCCCCC. The number of phosphoric ester groups is 1. The first-order chi connectivity index (χ1) is 35.4. The third kappa shape index (κ3) is 54.8. The second-order valence-electron chi connectivity index (χ2n) is 22.6. The van der Waals surface area contributed by atoms with E-state index in [0.29, 0.717) is 17.4 Å². The van der Waals surface area contributed by atoms with Crippen molar-refractivity contribution in [3.63, 3.8) is 0 Å². The van der Waals surface area contributed by atoms with E-state index >= 15 is 0 Å². The van der Waals surface area contributed by atoms with Gasteiger partial charge in [0, 0.05) is 12.8 Å². The molecule has 10 heteroatoms. The molecule has 0 radical (unpaired) electrons. The van der Waals surface area contributed by atoms with Gasteiger partial charge in [-0.2, -0.15) is 0 Å². The largest absolute Gasteiger partial charge is 0.756 e. The molecule has 0 aromatic rings. The van der Waals surface area contributed by atoms with Crippen molar-refractivity contribution in [1.82, 2.24) is 5.32 Å². The number of likely N-dealkylation sites (N-methyl/N-ethyl adjacent to an activating group) is 1. The van der Waals surface area contributed by atoms with Crippen LogP contribution in [0.2, 0.25) is 0 Å². The molecule has 0 bridgehead atoms. The number of ether oxygens (including phenoxy) is 1. The van der Waals surface area contributed by atoms with Gasteiger partial charge in [0.15, 0.2) is 0 Å². The van der Waals surface area contributed by atoms with E-state index in [2.05, 4.69) is 50.4 Å². The first-order valence-corrected chi connectivity index (χ1v) is 32.8. The fourth-order valence-corrected chi connectivity index (χ4v) is 9.88. The molecule has 9 nitrogen and oxygen atoms in total. The highest BCUT2D eigenvalue weighted by atomic mass is 31.2. The molecule has 0 aromatic carbocycles. The molecule has 0 fully saturated rings. The maximum atomic E-state index is 13.5. The molecule has 3 atom stereocenters. The summed E-state index contributed by atoms with van der Waals surface area (Å²) in [6, 6.07) is -0.892. The predicted octanol–water partition coefficient (Wildman–Crippen LogP) is 18.5. The summed E-state index contributed by atoms with van der Waals surface area (Å²) in [5.74, 6) is -0.550. The highest BCUT2D eigenvalue weighted by Gasteiger charge is 2.27. The molecule has 0 aromatic heterocycles. The molecular formula is C63H121N2O7P. The van der Waals surface area contributed by atoms with Crippen LogP contribution in [0.15, 0.2) is 36.5 Å². The van der Waals surface area contributed by atoms with Gasteiger partial charge in [0.2, 0.25) is 5.91 Å². The minimum atomic E-state index is -4.69. The lowest BCUT2D eigenvalue weighted by Gasteiger charge is -2.30. The summed E-state index contributed by atoms with van der Waals surface area (Å²) in [4.78, 5) is 39.9. The highest BCUT2D eigenvalue weighted by Crippen LogP contribution is 2.38. The number of carbonyl (C=O) groups is 2. The van der Waals surface area contributed by atoms with Crippen LogP contribution < -0.4 is 10.2 Å². The van der Waals surface area contributed by atoms with Crippen molar-refractivity contribution in [1.29, 1.82) is 0 Å². The standard InChI is InChI=1S/C63H121N2O7P/c1-7-10-13-16-19-22-25-27-28-29-30-31-32-33-34-35-36-38-41-44-47-50-53-56-63(67)72-61(54-51-48-45-42-39-24-21-18-15-12-9-3)60(59-71-73(68,69)70-58-57-65(4,5)6)64-62(66)55-52-49-46-43-40-37-26-23-20-17-14-11-8-2/h27-28,37,40,51,54,60-61H,7-26,29-36,38-39,41-50,52-53,55-59H2,1-6H3,(H-,64,66,68,69)/b28-27+,40-37-,54-51-. The van der Waals surface area contributed by atoms with Gasteiger partial charge in [-0.25, -0.2) is 0 Å². The lowest BCUT2D eigenvalue weighted by molar-refractivity contribution is -0.870. The molecule has 0 saturated carbocycles. The smallest absolute Gasteiger partial charge is 0.306 e. The summed E-state index contributed by atoms with van der Waals surface area (Å²) in [5.41, 5.74) is 0. The minimum Gasteiger partial charge on any atom is -0.756 e. The van der Waals surface area contributed by atoms with Crippen molar-refractivity contribution >= 4 is 19.7 Å². The number of rotatable bonds is 57. The number of hydrogen-bond donors (Lipinski definition) is 1. The van der Waals surface area contributed by atoms with Crippen molar-refractivity contribution < 1.29 is 37.3 Å². The monoisotopic (exact) mass is 1050 g/mol. The van der Waals surface area contributed by atoms with Crippen molar-refractivity contribution in [2.75, 3.05) is 40.9 Å². The van der Waals surface area contributed by atoms with Crippen LogP contribution in [0, 0.1) is 0 Å². The Balaban J connectivity index is 5.11. The number of allylic oxidation sites excluding steroid dienone is 5. The van der Waals surface area contributed by atoms with Crippen LogP contribution in [0.25, 0.3) is 0 Å². The molecule has 0 saturated heterocycles. The normalized spacial score (nSPS) is 13.9. The van der Waals surface area contributed by atoms with Crippen LogP contribution in [-0.4, -0.2) is 69.4 Å². The third-order valence-corrected chi connectivity index (χ3v) is 15.0. The van der Waals surface area contributed by atoms with E-state index in [1.807, 2.05) is 33.3 Å². The molecule has 0 heterocycles. The zero-order valence-electron chi connectivity index (χ0n) is 49.1. The summed E-state index contributed by atoms with van der Waals surface area (Å²) < 4.78 is 30.3. The van der Waals surface area contributed by atoms with Gasteiger partial charge in [-0.15, -0.1) is 0 Å². The van der Waals surface area contributed by atoms with Crippen molar-refractivity contribution in [2.24, 2.45) is 0 Å². The van der Waals surface area contributed by atoms with Gasteiger partial charge in [0.25, 0.3) is 7.82 Å². The molecule has 0 rings (SSSR count). The summed E-state index contributed by atoms with van der Waals surface area (Å²) in [6.07, 6.45) is 64.1. The average Bonchev–Trinajstić information content (AvgIpc) is 3.35. The number of nitrogens with one attached hydrogen (secondary N) is 1. The van der Waals surface area contributed by atoms with E-state index in [9.17, 15) is 19.0 Å². The van der Waals surface area contributed by atoms with Crippen molar-refractivity contribution in [2.45, 2.75) is 315 Å². The maximum Gasteiger partial charge on any atom is 0.306 e. The first kappa shape index (κ1) is 71.2. The Hall–Kier alpha value is -1.77. The summed E-state index contributed by atoms with van der Waals surface area (Å²) in [7, 11) is 1.18. The van der Waals surface area contributed by atoms with Crippen LogP contribution in [0.4, 0.5) is 0 Å². The Kier molecular flexibility index (Phi) is 52.3. The Morgan fingerprint density at radius 3 is 1.18 bits per heavy atom. The van der Waals surface area contributed by atoms with E-state index < -0.39 is 26.6 Å². The predicted molar refractivity (Wildman–Crippen MR) is 312 cm³/mol. The van der Waals surface area contributed by atoms with Crippen LogP contribution in [-0.2, 0) is 27.9 Å².